The molecule has 2 N–H and O–H groups in total. The standard InChI is InChI=1S/C22H28N6O/c1-16-7-5-6-8-19(16)14-24-22(25-15-21-27-26-17(2)28(21)3)23-13-18-9-11-20(29-4)12-10-18/h5-12H,13-15H2,1-4H3,(H2,23,24,25). The molecule has 0 fully saturated rings. The van der Waals surface area contributed by atoms with Crippen LogP contribution < -0.4 is 15.4 Å². The lowest BCUT2D eigenvalue weighted by Crippen LogP contribution is -2.37. The van der Waals surface area contributed by atoms with Crippen LogP contribution in [0.25, 0.3) is 0 Å². The molecule has 29 heavy (non-hydrogen) atoms. The van der Waals surface area contributed by atoms with Gasteiger partial charge in [-0.2, -0.15) is 0 Å². The van der Waals surface area contributed by atoms with Crippen LogP contribution in [0.2, 0.25) is 0 Å². The molecule has 0 bridgehead atoms. The molecule has 1 aromatic heterocycles. The van der Waals surface area contributed by atoms with E-state index >= 15 is 0 Å². The van der Waals surface area contributed by atoms with E-state index in [9.17, 15) is 0 Å². The molecule has 0 radical (unpaired) electrons. The average Bonchev–Trinajstić information content (AvgIpc) is 3.06. The van der Waals surface area contributed by atoms with Gasteiger partial charge in [0.25, 0.3) is 0 Å². The molecular weight excluding hydrogens is 364 g/mol. The first-order chi connectivity index (χ1) is 14.1. The highest BCUT2D eigenvalue weighted by Gasteiger charge is 2.07. The zero-order chi connectivity index (χ0) is 20.6. The molecular formula is C22H28N6O. The molecule has 1 heterocycles. The van der Waals surface area contributed by atoms with Gasteiger partial charge < -0.3 is 19.9 Å². The molecule has 7 heteroatoms. The van der Waals surface area contributed by atoms with Gasteiger partial charge in [-0.3, -0.25) is 0 Å². The van der Waals surface area contributed by atoms with Crippen molar-refractivity contribution in [2.75, 3.05) is 7.11 Å². The van der Waals surface area contributed by atoms with Crippen LogP contribution in [-0.2, 0) is 26.7 Å². The van der Waals surface area contributed by atoms with E-state index in [2.05, 4.69) is 39.9 Å². The Morgan fingerprint density at radius 1 is 1.00 bits per heavy atom. The summed E-state index contributed by atoms with van der Waals surface area (Å²) >= 11 is 0. The number of aromatic nitrogens is 3. The zero-order valence-electron chi connectivity index (χ0n) is 17.4. The van der Waals surface area contributed by atoms with Crippen molar-refractivity contribution in [3.05, 3.63) is 76.9 Å². The van der Waals surface area contributed by atoms with Crippen LogP contribution in [0.3, 0.4) is 0 Å². The highest BCUT2D eigenvalue weighted by atomic mass is 16.5. The van der Waals surface area contributed by atoms with Gasteiger partial charge in [0, 0.05) is 13.6 Å². The van der Waals surface area contributed by atoms with Crippen molar-refractivity contribution in [1.29, 1.82) is 0 Å². The Kier molecular flexibility index (Phi) is 6.84. The van der Waals surface area contributed by atoms with Gasteiger partial charge in [-0.05, 0) is 42.7 Å². The maximum atomic E-state index is 5.22. The van der Waals surface area contributed by atoms with Crippen molar-refractivity contribution >= 4 is 5.96 Å². The van der Waals surface area contributed by atoms with Crippen molar-refractivity contribution in [3.63, 3.8) is 0 Å². The van der Waals surface area contributed by atoms with Crippen LogP contribution >= 0.6 is 0 Å². The average molecular weight is 393 g/mol. The van der Waals surface area contributed by atoms with Crippen molar-refractivity contribution in [3.8, 4) is 5.75 Å². The normalized spacial score (nSPS) is 11.4. The van der Waals surface area contributed by atoms with Crippen LogP contribution in [0.5, 0.6) is 5.75 Å². The fourth-order valence-electron chi connectivity index (χ4n) is 2.83. The number of aliphatic imine (C=N–C) groups is 1. The molecule has 0 aliphatic carbocycles. The first-order valence-corrected chi connectivity index (χ1v) is 9.61. The van der Waals surface area contributed by atoms with Crippen LogP contribution in [0, 0.1) is 13.8 Å². The second-order valence-electron chi connectivity index (χ2n) is 6.87. The Morgan fingerprint density at radius 2 is 1.72 bits per heavy atom. The van der Waals surface area contributed by atoms with Crippen molar-refractivity contribution in [2.45, 2.75) is 33.5 Å². The molecule has 3 rings (SSSR count). The third kappa shape index (κ3) is 5.57. The monoisotopic (exact) mass is 392 g/mol. The third-order valence-electron chi connectivity index (χ3n) is 4.88. The Labute approximate surface area is 171 Å². The van der Waals surface area contributed by atoms with E-state index in [1.807, 2.05) is 54.9 Å². The van der Waals surface area contributed by atoms with Gasteiger partial charge in [0.1, 0.15) is 11.6 Å². The van der Waals surface area contributed by atoms with Crippen molar-refractivity contribution < 1.29 is 4.74 Å². The molecule has 7 nitrogen and oxygen atoms in total. The van der Waals surface area contributed by atoms with Crippen LogP contribution in [0.1, 0.15) is 28.3 Å². The highest BCUT2D eigenvalue weighted by Crippen LogP contribution is 2.12. The molecule has 0 aliphatic rings. The topological polar surface area (TPSA) is 76.4 Å². The molecule has 3 aromatic rings. The first-order valence-electron chi connectivity index (χ1n) is 9.61. The predicted molar refractivity (Wildman–Crippen MR) is 115 cm³/mol. The Morgan fingerprint density at radius 3 is 2.38 bits per heavy atom. The summed E-state index contributed by atoms with van der Waals surface area (Å²) < 4.78 is 7.19. The minimum atomic E-state index is 0.541. The van der Waals surface area contributed by atoms with Gasteiger partial charge in [-0.25, -0.2) is 4.99 Å². The van der Waals surface area contributed by atoms with E-state index in [0.717, 1.165) is 28.9 Å². The molecule has 0 atom stereocenters. The number of guanidine groups is 1. The molecule has 0 aliphatic heterocycles. The minimum Gasteiger partial charge on any atom is -0.497 e. The molecule has 0 saturated carbocycles. The maximum absolute atomic E-state index is 5.22. The SMILES string of the molecule is COc1ccc(CN=C(NCc2ccccc2C)NCc2nnc(C)n2C)cc1. The summed E-state index contributed by atoms with van der Waals surface area (Å²) in [6.45, 7) is 5.84. The lowest BCUT2D eigenvalue weighted by molar-refractivity contribution is 0.414. The summed E-state index contributed by atoms with van der Waals surface area (Å²) in [5, 5.41) is 15.1. The van der Waals surface area contributed by atoms with Gasteiger partial charge in [0.2, 0.25) is 0 Å². The molecule has 2 aromatic carbocycles. The number of methoxy groups -OCH3 is 1. The Bertz CT molecular complexity index is 962. The molecule has 0 spiro atoms. The quantitative estimate of drug-likeness (QED) is 0.478. The van der Waals surface area contributed by atoms with Crippen molar-refractivity contribution in [2.24, 2.45) is 12.0 Å². The Balaban J connectivity index is 1.70. The molecule has 0 saturated heterocycles. The molecule has 0 amide bonds. The number of nitrogens with one attached hydrogen (secondary N) is 2. The number of aryl methyl sites for hydroxylation is 2. The van der Waals surface area contributed by atoms with Crippen LogP contribution in [0.4, 0.5) is 0 Å². The third-order valence-corrected chi connectivity index (χ3v) is 4.88. The number of benzene rings is 2. The van der Waals surface area contributed by atoms with E-state index in [1.165, 1.54) is 11.1 Å². The maximum Gasteiger partial charge on any atom is 0.192 e. The van der Waals surface area contributed by atoms with Gasteiger partial charge in [-0.1, -0.05) is 36.4 Å². The minimum absolute atomic E-state index is 0.541. The van der Waals surface area contributed by atoms with Crippen LogP contribution in [0.15, 0.2) is 53.5 Å². The lowest BCUT2D eigenvalue weighted by Gasteiger charge is -2.14. The Hall–Kier alpha value is -3.35. The van der Waals surface area contributed by atoms with Gasteiger partial charge in [0.15, 0.2) is 11.8 Å². The van der Waals surface area contributed by atoms with Gasteiger partial charge >= 0.3 is 0 Å². The van der Waals surface area contributed by atoms with Gasteiger partial charge in [-0.15, -0.1) is 10.2 Å². The van der Waals surface area contributed by atoms with E-state index < -0.39 is 0 Å². The number of ether oxygens (including phenoxy) is 1. The number of rotatable bonds is 7. The fourth-order valence-corrected chi connectivity index (χ4v) is 2.83. The van der Waals surface area contributed by atoms with Crippen molar-refractivity contribution in [1.82, 2.24) is 25.4 Å². The highest BCUT2D eigenvalue weighted by molar-refractivity contribution is 5.79. The largest absolute Gasteiger partial charge is 0.497 e. The second kappa shape index (κ2) is 9.73. The smallest absolute Gasteiger partial charge is 0.192 e. The van der Waals surface area contributed by atoms with E-state index in [1.54, 1.807) is 7.11 Å². The molecule has 152 valence electrons. The second-order valence-corrected chi connectivity index (χ2v) is 6.87. The summed E-state index contributed by atoms with van der Waals surface area (Å²) in [6, 6.07) is 16.3. The van der Waals surface area contributed by atoms with Gasteiger partial charge in [0.05, 0.1) is 20.2 Å². The predicted octanol–water partition coefficient (Wildman–Crippen LogP) is 2.88. The van der Waals surface area contributed by atoms with E-state index in [0.29, 0.717) is 19.6 Å². The van der Waals surface area contributed by atoms with Crippen LogP contribution in [-0.4, -0.2) is 27.8 Å². The lowest BCUT2D eigenvalue weighted by atomic mass is 10.1. The summed E-state index contributed by atoms with van der Waals surface area (Å²) in [5.74, 6) is 3.31. The molecule has 0 unspecified atom stereocenters. The van der Waals surface area contributed by atoms with E-state index in [4.69, 9.17) is 9.73 Å². The van der Waals surface area contributed by atoms with E-state index in [-0.39, 0.29) is 0 Å². The summed E-state index contributed by atoms with van der Waals surface area (Å²) in [4.78, 5) is 4.74. The zero-order valence-corrected chi connectivity index (χ0v) is 17.4. The number of nitrogens with zero attached hydrogens (tertiary/aromatic N) is 4. The summed E-state index contributed by atoms with van der Waals surface area (Å²) in [7, 11) is 3.63. The first kappa shape index (κ1) is 20.4. The summed E-state index contributed by atoms with van der Waals surface area (Å²) in [5.41, 5.74) is 3.59. The number of hydrogen-bond donors (Lipinski definition) is 2. The number of hydrogen-bond acceptors (Lipinski definition) is 4. The summed E-state index contributed by atoms with van der Waals surface area (Å²) in [6.07, 6.45) is 0. The fraction of sp³-hybridized carbons (Fsp3) is 0.318.